The first-order valence-electron chi connectivity index (χ1n) is 6.66. The van der Waals surface area contributed by atoms with Crippen LogP contribution in [0, 0.1) is 5.92 Å². The zero-order valence-corrected chi connectivity index (χ0v) is 10.7. The summed E-state index contributed by atoms with van der Waals surface area (Å²) in [5.41, 5.74) is 0. The maximum absolute atomic E-state index is 4.26. The molecule has 0 spiro atoms. The molecule has 0 saturated heterocycles. The fourth-order valence-electron chi connectivity index (χ4n) is 2.09. The molecule has 0 aliphatic heterocycles. The molecule has 94 valence electrons. The van der Waals surface area contributed by atoms with E-state index in [-0.39, 0.29) is 0 Å². The fourth-order valence-corrected chi connectivity index (χ4v) is 2.09. The van der Waals surface area contributed by atoms with Gasteiger partial charge in [0.1, 0.15) is 18.0 Å². The number of hydrogen-bond donors (Lipinski definition) is 2. The molecule has 4 nitrogen and oxygen atoms in total. The van der Waals surface area contributed by atoms with E-state index in [4.69, 9.17) is 0 Å². The lowest BCUT2D eigenvalue weighted by Crippen LogP contribution is -2.08. The molecule has 1 aliphatic carbocycles. The van der Waals surface area contributed by atoms with Crippen LogP contribution in [0.1, 0.15) is 39.5 Å². The summed E-state index contributed by atoms with van der Waals surface area (Å²) in [4.78, 5) is 8.46. The molecule has 17 heavy (non-hydrogen) atoms. The van der Waals surface area contributed by atoms with Crippen molar-refractivity contribution in [3.8, 4) is 0 Å². The third-order valence-corrected chi connectivity index (χ3v) is 3.14. The van der Waals surface area contributed by atoms with Crippen LogP contribution >= 0.6 is 0 Å². The second-order valence-corrected chi connectivity index (χ2v) is 4.75. The monoisotopic (exact) mass is 234 g/mol. The van der Waals surface area contributed by atoms with Crippen molar-refractivity contribution in [2.75, 3.05) is 17.2 Å². The first kappa shape index (κ1) is 12.1. The molecule has 2 rings (SSSR count). The van der Waals surface area contributed by atoms with Crippen LogP contribution in [0.2, 0.25) is 0 Å². The minimum absolute atomic E-state index is 0.629. The summed E-state index contributed by atoms with van der Waals surface area (Å²) in [6.07, 6.45) is 6.61. The highest BCUT2D eigenvalue weighted by atomic mass is 15.1. The van der Waals surface area contributed by atoms with Crippen LogP contribution < -0.4 is 10.6 Å². The van der Waals surface area contributed by atoms with Gasteiger partial charge in [-0.25, -0.2) is 9.97 Å². The largest absolute Gasteiger partial charge is 0.370 e. The first-order chi connectivity index (χ1) is 8.33. The van der Waals surface area contributed by atoms with Gasteiger partial charge in [-0.15, -0.1) is 0 Å². The molecule has 0 bridgehead atoms. The van der Waals surface area contributed by atoms with Gasteiger partial charge < -0.3 is 10.6 Å². The van der Waals surface area contributed by atoms with Gasteiger partial charge in [-0.2, -0.15) is 0 Å². The summed E-state index contributed by atoms with van der Waals surface area (Å²) in [5.74, 6) is 2.71. The van der Waals surface area contributed by atoms with Crippen molar-refractivity contribution in [2.45, 2.75) is 45.6 Å². The summed E-state index contributed by atoms with van der Waals surface area (Å²) in [6.45, 7) is 5.35. The molecule has 1 aliphatic rings. The SMILES string of the molecule is CCCNc1cc(NC2CC2CCC)ncn1. The van der Waals surface area contributed by atoms with E-state index in [1.807, 2.05) is 6.07 Å². The van der Waals surface area contributed by atoms with E-state index in [0.29, 0.717) is 6.04 Å². The molecule has 2 atom stereocenters. The molecule has 1 aromatic heterocycles. The normalized spacial score (nSPS) is 22.2. The molecule has 4 heteroatoms. The van der Waals surface area contributed by atoms with Gasteiger partial charge in [0.05, 0.1) is 0 Å². The Balaban J connectivity index is 1.84. The van der Waals surface area contributed by atoms with Crippen LogP contribution in [0.25, 0.3) is 0 Å². The maximum atomic E-state index is 4.26. The van der Waals surface area contributed by atoms with Crippen LogP contribution in [-0.4, -0.2) is 22.6 Å². The van der Waals surface area contributed by atoms with Gasteiger partial charge in [-0.05, 0) is 25.2 Å². The molecular formula is C13H22N4. The lowest BCUT2D eigenvalue weighted by Gasteiger charge is -2.07. The highest BCUT2D eigenvalue weighted by molar-refractivity contribution is 5.47. The second-order valence-electron chi connectivity index (χ2n) is 4.75. The van der Waals surface area contributed by atoms with Gasteiger partial charge in [0.2, 0.25) is 0 Å². The third kappa shape index (κ3) is 3.58. The Kier molecular flexibility index (Phi) is 4.18. The Morgan fingerprint density at radius 1 is 1.24 bits per heavy atom. The van der Waals surface area contributed by atoms with Gasteiger partial charge in [-0.3, -0.25) is 0 Å². The first-order valence-corrected chi connectivity index (χ1v) is 6.66. The molecule has 0 aromatic carbocycles. The Labute approximate surface area is 103 Å². The van der Waals surface area contributed by atoms with E-state index < -0.39 is 0 Å². The van der Waals surface area contributed by atoms with Crippen LogP contribution in [-0.2, 0) is 0 Å². The molecule has 2 N–H and O–H groups in total. The molecule has 0 radical (unpaired) electrons. The molecule has 1 heterocycles. The summed E-state index contributed by atoms with van der Waals surface area (Å²) < 4.78 is 0. The molecule has 2 unspecified atom stereocenters. The predicted molar refractivity (Wildman–Crippen MR) is 71.2 cm³/mol. The number of nitrogens with zero attached hydrogens (tertiary/aromatic N) is 2. The van der Waals surface area contributed by atoms with Crippen molar-refractivity contribution in [2.24, 2.45) is 5.92 Å². The third-order valence-electron chi connectivity index (χ3n) is 3.14. The lowest BCUT2D eigenvalue weighted by molar-refractivity contribution is 0.692. The van der Waals surface area contributed by atoms with E-state index in [1.165, 1.54) is 19.3 Å². The zero-order chi connectivity index (χ0) is 12.1. The molecule has 0 amide bonds. The summed E-state index contributed by atoms with van der Waals surface area (Å²) >= 11 is 0. The molecule has 1 fully saturated rings. The average molecular weight is 234 g/mol. The van der Waals surface area contributed by atoms with Gasteiger partial charge in [0.15, 0.2) is 0 Å². The van der Waals surface area contributed by atoms with E-state index in [9.17, 15) is 0 Å². The lowest BCUT2D eigenvalue weighted by atomic mass is 10.2. The van der Waals surface area contributed by atoms with Crippen molar-refractivity contribution in [3.05, 3.63) is 12.4 Å². The maximum Gasteiger partial charge on any atom is 0.131 e. The number of nitrogens with one attached hydrogen (secondary N) is 2. The summed E-state index contributed by atoms with van der Waals surface area (Å²) in [5, 5.41) is 6.75. The van der Waals surface area contributed by atoms with Crippen molar-refractivity contribution in [1.29, 1.82) is 0 Å². The van der Waals surface area contributed by atoms with Crippen molar-refractivity contribution < 1.29 is 0 Å². The number of anilines is 2. The van der Waals surface area contributed by atoms with Crippen LogP contribution in [0.3, 0.4) is 0 Å². The molecule has 1 saturated carbocycles. The van der Waals surface area contributed by atoms with Gasteiger partial charge in [0, 0.05) is 18.7 Å². The van der Waals surface area contributed by atoms with Gasteiger partial charge >= 0.3 is 0 Å². The predicted octanol–water partition coefficient (Wildman–Crippen LogP) is 2.90. The Morgan fingerprint density at radius 3 is 2.82 bits per heavy atom. The summed E-state index contributed by atoms with van der Waals surface area (Å²) in [6, 6.07) is 2.63. The van der Waals surface area contributed by atoms with Crippen molar-refractivity contribution in [3.63, 3.8) is 0 Å². The quantitative estimate of drug-likeness (QED) is 0.761. The van der Waals surface area contributed by atoms with Crippen molar-refractivity contribution >= 4 is 11.6 Å². The minimum Gasteiger partial charge on any atom is -0.370 e. The Hall–Kier alpha value is -1.32. The zero-order valence-electron chi connectivity index (χ0n) is 10.7. The highest BCUT2D eigenvalue weighted by Crippen LogP contribution is 2.36. The summed E-state index contributed by atoms with van der Waals surface area (Å²) in [7, 11) is 0. The van der Waals surface area contributed by atoms with E-state index in [2.05, 4.69) is 34.4 Å². The Morgan fingerprint density at radius 2 is 2.06 bits per heavy atom. The Bertz CT molecular complexity index is 353. The minimum atomic E-state index is 0.629. The average Bonchev–Trinajstić information content (AvgIpc) is 3.06. The van der Waals surface area contributed by atoms with Crippen molar-refractivity contribution in [1.82, 2.24) is 9.97 Å². The van der Waals surface area contributed by atoms with E-state index in [0.717, 1.165) is 30.5 Å². The van der Waals surface area contributed by atoms with Gasteiger partial charge in [-0.1, -0.05) is 20.3 Å². The smallest absolute Gasteiger partial charge is 0.131 e. The molecule has 1 aromatic rings. The van der Waals surface area contributed by atoms with Crippen LogP contribution in [0.5, 0.6) is 0 Å². The van der Waals surface area contributed by atoms with E-state index >= 15 is 0 Å². The molecular weight excluding hydrogens is 212 g/mol. The van der Waals surface area contributed by atoms with E-state index in [1.54, 1.807) is 6.33 Å². The standard InChI is InChI=1S/C13H22N4/c1-3-5-10-7-11(10)17-13-8-12(14-6-4-2)15-9-16-13/h8-11H,3-7H2,1-2H3,(H2,14,15,16,17). The number of rotatable bonds is 7. The van der Waals surface area contributed by atoms with Crippen LogP contribution in [0.15, 0.2) is 12.4 Å². The highest BCUT2D eigenvalue weighted by Gasteiger charge is 2.36. The topological polar surface area (TPSA) is 49.8 Å². The number of aromatic nitrogens is 2. The fraction of sp³-hybridized carbons (Fsp3) is 0.692. The van der Waals surface area contributed by atoms with Crippen LogP contribution in [0.4, 0.5) is 11.6 Å². The van der Waals surface area contributed by atoms with Gasteiger partial charge in [0.25, 0.3) is 0 Å². The number of hydrogen-bond acceptors (Lipinski definition) is 4. The second kappa shape index (κ2) is 5.84.